The zero-order valence-corrected chi connectivity index (χ0v) is 13.0. The van der Waals surface area contributed by atoms with Gasteiger partial charge in [-0.2, -0.15) is 0 Å². The Labute approximate surface area is 122 Å². The molecular formula is C13H18N4S2. The average molecular weight is 294 g/mol. The Morgan fingerprint density at radius 2 is 2.21 bits per heavy atom. The highest BCUT2D eigenvalue weighted by Gasteiger charge is 2.03. The number of nitrogens with zero attached hydrogens (tertiary/aromatic N) is 2. The second-order valence-electron chi connectivity index (χ2n) is 4.60. The molecule has 0 unspecified atom stereocenters. The first-order valence-electron chi connectivity index (χ1n) is 6.11. The van der Waals surface area contributed by atoms with E-state index in [1.165, 1.54) is 4.70 Å². The van der Waals surface area contributed by atoms with E-state index in [0.717, 1.165) is 29.3 Å². The third-order valence-electron chi connectivity index (χ3n) is 2.60. The molecule has 0 fully saturated rings. The van der Waals surface area contributed by atoms with Gasteiger partial charge in [0.2, 0.25) is 0 Å². The fourth-order valence-electron chi connectivity index (χ4n) is 1.69. The van der Waals surface area contributed by atoms with Gasteiger partial charge in [0.25, 0.3) is 0 Å². The first kappa shape index (κ1) is 14.2. The van der Waals surface area contributed by atoms with Crippen LogP contribution in [0, 0.1) is 6.92 Å². The Hall–Kier alpha value is -1.24. The lowest BCUT2D eigenvalue weighted by Crippen LogP contribution is -2.34. The number of likely N-dealkylation sites (N-methyl/N-ethyl adjacent to an activating group) is 1. The summed E-state index contributed by atoms with van der Waals surface area (Å²) in [5, 5.41) is 8.12. The fraction of sp³-hybridized carbons (Fsp3) is 0.385. The number of aryl methyl sites for hydroxylation is 1. The van der Waals surface area contributed by atoms with Crippen molar-refractivity contribution < 1.29 is 0 Å². The molecule has 0 aliphatic heterocycles. The third-order valence-corrected chi connectivity index (χ3v) is 3.78. The van der Waals surface area contributed by atoms with Gasteiger partial charge in [-0.25, -0.2) is 4.98 Å². The first-order chi connectivity index (χ1) is 9.04. The molecule has 19 heavy (non-hydrogen) atoms. The van der Waals surface area contributed by atoms with Crippen LogP contribution in [0.2, 0.25) is 0 Å². The molecule has 102 valence electrons. The van der Waals surface area contributed by atoms with Crippen molar-refractivity contribution in [3.8, 4) is 0 Å². The number of hydrogen-bond donors (Lipinski definition) is 2. The molecule has 0 amide bonds. The van der Waals surface area contributed by atoms with E-state index >= 15 is 0 Å². The summed E-state index contributed by atoms with van der Waals surface area (Å²) in [5.41, 5.74) is 2.04. The lowest BCUT2D eigenvalue weighted by molar-refractivity contribution is 0.413. The van der Waals surface area contributed by atoms with Crippen molar-refractivity contribution in [1.29, 1.82) is 0 Å². The predicted octanol–water partition coefficient (Wildman–Crippen LogP) is 2.45. The standard InChI is InChI=1S/C13H18N4S2/c1-9-15-11-5-4-10(8-12(11)19-9)16-13(18)14-6-7-17(2)3/h4-5,8H,6-7H2,1-3H3,(H2,14,16,18). The zero-order valence-electron chi connectivity index (χ0n) is 11.4. The molecule has 1 aromatic heterocycles. The molecule has 1 heterocycles. The lowest BCUT2D eigenvalue weighted by atomic mass is 10.3. The Kier molecular flexibility index (Phi) is 4.68. The average Bonchev–Trinajstić information content (AvgIpc) is 2.67. The predicted molar refractivity (Wildman–Crippen MR) is 87.1 cm³/mol. The van der Waals surface area contributed by atoms with E-state index in [0.29, 0.717) is 5.11 Å². The minimum atomic E-state index is 0.655. The van der Waals surface area contributed by atoms with E-state index in [-0.39, 0.29) is 0 Å². The van der Waals surface area contributed by atoms with Crippen LogP contribution in [0.4, 0.5) is 5.69 Å². The van der Waals surface area contributed by atoms with E-state index in [2.05, 4.69) is 26.6 Å². The van der Waals surface area contributed by atoms with E-state index < -0.39 is 0 Å². The van der Waals surface area contributed by atoms with Crippen LogP contribution in [0.15, 0.2) is 18.2 Å². The number of aromatic nitrogens is 1. The minimum absolute atomic E-state index is 0.655. The second kappa shape index (κ2) is 6.27. The van der Waals surface area contributed by atoms with Gasteiger partial charge in [-0.05, 0) is 51.4 Å². The second-order valence-corrected chi connectivity index (χ2v) is 6.24. The zero-order chi connectivity index (χ0) is 13.8. The van der Waals surface area contributed by atoms with Crippen molar-refractivity contribution in [2.75, 3.05) is 32.5 Å². The van der Waals surface area contributed by atoms with Crippen molar-refractivity contribution in [1.82, 2.24) is 15.2 Å². The van der Waals surface area contributed by atoms with Gasteiger partial charge in [0.05, 0.1) is 15.2 Å². The van der Waals surface area contributed by atoms with Gasteiger partial charge in [-0.1, -0.05) is 0 Å². The maximum Gasteiger partial charge on any atom is 0.170 e. The van der Waals surface area contributed by atoms with E-state index in [1.807, 2.05) is 33.2 Å². The van der Waals surface area contributed by atoms with Gasteiger partial charge in [0.1, 0.15) is 0 Å². The summed E-state index contributed by atoms with van der Waals surface area (Å²) < 4.78 is 1.18. The molecule has 4 nitrogen and oxygen atoms in total. The maximum absolute atomic E-state index is 5.26. The number of benzene rings is 1. The van der Waals surface area contributed by atoms with E-state index in [1.54, 1.807) is 11.3 Å². The molecule has 0 bridgehead atoms. The highest BCUT2D eigenvalue weighted by atomic mass is 32.1. The van der Waals surface area contributed by atoms with Crippen LogP contribution in [0.1, 0.15) is 5.01 Å². The molecule has 0 saturated heterocycles. The molecule has 1 aromatic carbocycles. The summed E-state index contributed by atoms with van der Waals surface area (Å²) in [6.45, 7) is 3.81. The summed E-state index contributed by atoms with van der Waals surface area (Å²) in [6, 6.07) is 6.10. The summed E-state index contributed by atoms with van der Waals surface area (Å²) >= 11 is 6.96. The Morgan fingerprint density at radius 1 is 1.42 bits per heavy atom. The van der Waals surface area contributed by atoms with Crippen LogP contribution in [0.25, 0.3) is 10.2 Å². The number of hydrogen-bond acceptors (Lipinski definition) is 4. The van der Waals surface area contributed by atoms with Crippen LogP contribution >= 0.6 is 23.6 Å². The third kappa shape index (κ3) is 4.12. The molecule has 2 N–H and O–H groups in total. The van der Waals surface area contributed by atoms with Crippen LogP contribution in [-0.2, 0) is 0 Å². The molecule has 6 heteroatoms. The molecule has 0 aliphatic rings. The van der Waals surface area contributed by atoms with Gasteiger partial charge in [-0.15, -0.1) is 11.3 Å². The SMILES string of the molecule is Cc1nc2ccc(NC(=S)NCCN(C)C)cc2s1. The summed E-state index contributed by atoms with van der Waals surface area (Å²) in [4.78, 5) is 6.55. The number of anilines is 1. The molecule has 0 radical (unpaired) electrons. The number of nitrogens with one attached hydrogen (secondary N) is 2. The number of thiazole rings is 1. The Balaban J connectivity index is 1.95. The first-order valence-corrected chi connectivity index (χ1v) is 7.34. The molecule has 2 rings (SSSR count). The van der Waals surface area contributed by atoms with Gasteiger partial charge in [0, 0.05) is 18.8 Å². The molecule has 0 spiro atoms. The van der Waals surface area contributed by atoms with Gasteiger partial charge < -0.3 is 15.5 Å². The van der Waals surface area contributed by atoms with Crippen molar-refractivity contribution in [3.63, 3.8) is 0 Å². The smallest absolute Gasteiger partial charge is 0.170 e. The molecular weight excluding hydrogens is 276 g/mol. The van der Waals surface area contributed by atoms with Crippen molar-refractivity contribution in [2.45, 2.75) is 6.92 Å². The fourth-order valence-corrected chi connectivity index (χ4v) is 2.77. The summed E-state index contributed by atoms with van der Waals surface area (Å²) in [7, 11) is 4.08. The highest BCUT2D eigenvalue weighted by molar-refractivity contribution is 7.80. The van der Waals surface area contributed by atoms with Crippen LogP contribution in [0.3, 0.4) is 0 Å². The molecule has 2 aromatic rings. The van der Waals surface area contributed by atoms with E-state index in [4.69, 9.17) is 12.2 Å². The van der Waals surface area contributed by atoms with Crippen LogP contribution in [-0.4, -0.2) is 42.2 Å². The van der Waals surface area contributed by atoms with Crippen LogP contribution < -0.4 is 10.6 Å². The van der Waals surface area contributed by atoms with Crippen molar-refractivity contribution in [3.05, 3.63) is 23.2 Å². The molecule has 0 saturated carbocycles. The number of fused-ring (bicyclic) bond motifs is 1. The maximum atomic E-state index is 5.26. The van der Waals surface area contributed by atoms with E-state index in [9.17, 15) is 0 Å². The topological polar surface area (TPSA) is 40.2 Å². The Bertz CT molecular complexity index is 577. The lowest BCUT2D eigenvalue weighted by Gasteiger charge is -2.13. The number of thiocarbonyl (C=S) groups is 1. The van der Waals surface area contributed by atoms with Gasteiger partial charge in [-0.3, -0.25) is 0 Å². The monoisotopic (exact) mass is 294 g/mol. The minimum Gasteiger partial charge on any atom is -0.361 e. The normalized spacial score (nSPS) is 10.9. The van der Waals surface area contributed by atoms with Gasteiger partial charge in [0.15, 0.2) is 5.11 Å². The highest BCUT2D eigenvalue weighted by Crippen LogP contribution is 2.24. The van der Waals surface area contributed by atoms with Gasteiger partial charge >= 0.3 is 0 Å². The quantitative estimate of drug-likeness (QED) is 0.848. The molecule has 0 atom stereocenters. The summed E-state index contributed by atoms with van der Waals surface area (Å²) in [5.74, 6) is 0. The Morgan fingerprint density at radius 3 is 2.95 bits per heavy atom. The summed E-state index contributed by atoms with van der Waals surface area (Å²) in [6.07, 6.45) is 0. The number of rotatable bonds is 4. The largest absolute Gasteiger partial charge is 0.361 e. The van der Waals surface area contributed by atoms with Crippen molar-refractivity contribution >= 4 is 44.6 Å². The molecule has 0 aliphatic carbocycles. The van der Waals surface area contributed by atoms with Crippen molar-refractivity contribution in [2.24, 2.45) is 0 Å². The van der Waals surface area contributed by atoms with Crippen LogP contribution in [0.5, 0.6) is 0 Å².